The lowest BCUT2D eigenvalue weighted by Gasteiger charge is -2.30. The van der Waals surface area contributed by atoms with Crippen molar-refractivity contribution < 1.29 is 23.9 Å². The van der Waals surface area contributed by atoms with Crippen LogP contribution >= 0.6 is 11.8 Å². The molecule has 0 fully saturated rings. The molecule has 0 aromatic heterocycles. The summed E-state index contributed by atoms with van der Waals surface area (Å²) in [5.41, 5.74) is 1.87. The van der Waals surface area contributed by atoms with Crippen LogP contribution in [0, 0.1) is 0 Å². The number of imide groups is 1. The minimum Gasteiger partial charge on any atom is -0.452 e. The van der Waals surface area contributed by atoms with E-state index in [1.807, 2.05) is 48.5 Å². The van der Waals surface area contributed by atoms with Gasteiger partial charge >= 0.3 is 5.97 Å². The summed E-state index contributed by atoms with van der Waals surface area (Å²) in [4.78, 5) is 55.2. The van der Waals surface area contributed by atoms with Gasteiger partial charge in [0.05, 0.1) is 28.1 Å². The SMILES string of the molecule is C=CCN1C(=O)c2ccc(C(=O)OCC(=O)N3c4ccccc4Sc4ccccc43)cc2C1=O. The smallest absolute Gasteiger partial charge is 0.338 e. The van der Waals surface area contributed by atoms with Crippen LogP contribution in [0.2, 0.25) is 0 Å². The van der Waals surface area contributed by atoms with Gasteiger partial charge in [-0.1, -0.05) is 42.1 Å². The summed E-state index contributed by atoms with van der Waals surface area (Å²) in [7, 11) is 0. The molecule has 0 unspecified atom stereocenters. The lowest BCUT2D eigenvalue weighted by Crippen LogP contribution is -2.32. The zero-order chi connectivity index (χ0) is 23.8. The highest BCUT2D eigenvalue weighted by molar-refractivity contribution is 7.99. The number of nitrogens with zero attached hydrogens (tertiary/aromatic N) is 2. The van der Waals surface area contributed by atoms with Crippen molar-refractivity contribution in [1.29, 1.82) is 0 Å². The number of hydrogen-bond acceptors (Lipinski definition) is 6. The molecule has 0 bridgehead atoms. The number of carbonyl (C=O) groups excluding carboxylic acids is 4. The Morgan fingerprint density at radius 1 is 0.882 bits per heavy atom. The van der Waals surface area contributed by atoms with Gasteiger partial charge in [0.1, 0.15) is 0 Å². The average molecular weight is 471 g/mol. The van der Waals surface area contributed by atoms with Crippen LogP contribution in [-0.4, -0.2) is 41.7 Å². The Hall–Kier alpha value is -4.17. The molecule has 0 spiro atoms. The van der Waals surface area contributed by atoms with Crippen LogP contribution in [0.3, 0.4) is 0 Å². The fourth-order valence-electron chi connectivity index (χ4n) is 3.96. The maximum Gasteiger partial charge on any atom is 0.338 e. The third-order valence-corrected chi connectivity index (χ3v) is 6.66. The second kappa shape index (κ2) is 8.64. The Labute approximate surface area is 199 Å². The number of amides is 3. The minimum atomic E-state index is -0.758. The van der Waals surface area contributed by atoms with E-state index >= 15 is 0 Å². The molecule has 0 N–H and O–H groups in total. The van der Waals surface area contributed by atoms with Gasteiger partial charge in [0, 0.05) is 16.3 Å². The van der Waals surface area contributed by atoms with E-state index in [1.165, 1.54) is 24.3 Å². The van der Waals surface area contributed by atoms with Crippen molar-refractivity contribution >= 4 is 46.8 Å². The molecule has 2 aliphatic rings. The Balaban J connectivity index is 1.35. The van der Waals surface area contributed by atoms with E-state index in [4.69, 9.17) is 4.74 Å². The number of rotatable bonds is 5. The van der Waals surface area contributed by atoms with Crippen LogP contribution in [0.5, 0.6) is 0 Å². The molecule has 168 valence electrons. The average Bonchev–Trinajstić information content (AvgIpc) is 3.10. The summed E-state index contributed by atoms with van der Waals surface area (Å²) >= 11 is 1.57. The second-order valence-electron chi connectivity index (χ2n) is 7.61. The number of para-hydroxylation sites is 2. The molecule has 0 saturated carbocycles. The zero-order valence-electron chi connectivity index (χ0n) is 17.9. The van der Waals surface area contributed by atoms with E-state index in [0.717, 1.165) is 26.1 Å². The number of benzene rings is 3. The first kappa shape index (κ1) is 21.7. The van der Waals surface area contributed by atoms with Gasteiger partial charge in [0.25, 0.3) is 17.7 Å². The molecule has 2 aliphatic heterocycles. The van der Waals surface area contributed by atoms with E-state index in [1.54, 1.807) is 16.7 Å². The van der Waals surface area contributed by atoms with E-state index < -0.39 is 30.3 Å². The van der Waals surface area contributed by atoms with Crippen LogP contribution in [-0.2, 0) is 9.53 Å². The Bertz CT molecular complexity index is 1340. The first-order valence-electron chi connectivity index (χ1n) is 10.5. The highest BCUT2D eigenvalue weighted by Gasteiger charge is 2.35. The molecule has 8 heteroatoms. The fourth-order valence-corrected chi connectivity index (χ4v) is 5.02. The van der Waals surface area contributed by atoms with Crippen molar-refractivity contribution in [1.82, 2.24) is 4.90 Å². The van der Waals surface area contributed by atoms with Crippen molar-refractivity contribution in [2.75, 3.05) is 18.1 Å². The van der Waals surface area contributed by atoms with Crippen molar-refractivity contribution in [2.45, 2.75) is 9.79 Å². The summed E-state index contributed by atoms with van der Waals surface area (Å²) in [5.74, 6) is -2.09. The molecule has 3 aromatic carbocycles. The standard InChI is InChI=1S/C26H18N2O5S/c1-2-13-27-24(30)17-12-11-16(14-18(17)25(27)31)26(32)33-15-23(29)28-19-7-3-5-9-21(19)34-22-10-6-4-8-20(22)28/h2-12,14H,1,13,15H2. The predicted octanol–water partition coefficient (Wildman–Crippen LogP) is 4.45. The highest BCUT2D eigenvalue weighted by Crippen LogP contribution is 2.47. The number of carbonyl (C=O) groups is 4. The Morgan fingerprint density at radius 3 is 2.15 bits per heavy atom. The molecule has 2 heterocycles. The quantitative estimate of drug-likeness (QED) is 0.311. The van der Waals surface area contributed by atoms with Crippen LogP contribution in [0.1, 0.15) is 31.1 Å². The summed E-state index contributed by atoms with van der Waals surface area (Å²) in [6.07, 6.45) is 1.46. The number of hydrogen-bond donors (Lipinski definition) is 0. The molecule has 0 aliphatic carbocycles. The summed E-state index contributed by atoms with van der Waals surface area (Å²) in [5, 5.41) is 0. The summed E-state index contributed by atoms with van der Waals surface area (Å²) in [6.45, 7) is 3.15. The van der Waals surface area contributed by atoms with Crippen LogP contribution in [0.25, 0.3) is 0 Å². The van der Waals surface area contributed by atoms with E-state index in [0.29, 0.717) is 0 Å². The monoisotopic (exact) mass is 470 g/mol. The maximum atomic E-state index is 13.2. The third kappa shape index (κ3) is 3.58. The first-order chi connectivity index (χ1) is 16.5. The summed E-state index contributed by atoms with van der Waals surface area (Å²) in [6, 6.07) is 19.2. The molecule has 0 radical (unpaired) electrons. The van der Waals surface area contributed by atoms with Crippen LogP contribution in [0.15, 0.2) is 89.2 Å². The third-order valence-electron chi connectivity index (χ3n) is 5.53. The predicted molar refractivity (Wildman–Crippen MR) is 126 cm³/mol. The van der Waals surface area contributed by atoms with Gasteiger partial charge in [-0.05, 0) is 42.5 Å². The van der Waals surface area contributed by atoms with Gasteiger partial charge in [-0.15, -0.1) is 6.58 Å². The second-order valence-corrected chi connectivity index (χ2v) is 8.70. The molecule has 5 rings (SSSR count). The lowest BCUT2D eigenvalue weighted by atomic mass is 10.1. The molecule has 3 aromatic rings. The molecular weight excluding hydrogens is 452 g/mol. The normalized spacial score (nSPS) is 13.8. The van der Waals surface area contributed by atoms with E-state index in [-0.39, 0.29) is 23.2 Å². The largest absolute Gasteiger partial charge is 0.452 e. The number of fused-ring (bicyclic) bond motifs is 3. The van der Waals surface area contributed by atoms with Gasteiger partial charge in [0.15, 0.2) is 6.61 Å². The van der Waals surface area contributed by atoms with E-state index in [2.05, 4.69) is 6.58 Å². The number of anilines is 2. The molecular formula is C26H18N2O5S. The molecule has 0 saturated heterocycles. The Morgan fingerprint density at radius 2 is 1.50 bits per heavy atom. The van der Waals surface area contributed by atoms with Gasteiger partial charge in [-0.2, -0.15) is 0 Å². The molecule has 0 atom stereocenters. The van der Waals surface area contributed by atoms with Gasteiger partial charge in [-0.3, -0.25) is 24.2 Å². The molecule has 3 amide bonds. The van der Waals surface area contributed by atoms with Crippen molar-refractivity contribution in [3.8, 4) is 0 Å². The molecule has 7 nitrogen and oxygen atoms in total. The van der Waals surface area contributed by atoms with Crippen molar-refractivity contribution in [2.24, 2.45) is 0 Å². The van der Waals surface area contributed by atoms with E-state index in [9.17, 15) is 19.2 Å². The Kier molecular flexibility index (Phi) is 5.51. The number of ether oxygens (including phenoxy) is 1. The number of esters is 1. The fraction of sp³-hybridized carbons (Fsp3) is 0.0769. The minimum absolute atomic E-state index is 0.0810. The highest BCUT2D eigenvalue weighted by atomic mass is 32.2. The lowest BCUT2D eigenvalue weighted by molar-refractivity contribution is -0.121. The van der Waals surface area contributed by atoms with Gasteiger partial charge in [0.2, 0.25) is 0 Å². The van der Waals surface area contributed by atoms with Gasteiger partial charge < -0.3 is 4.74 Å². The molecule has 34 heavy (non-hydrogen) atoms. The maximum absolute atomic E-state index is 13.2. The van der Waals surface area contributed by atoms with Crippen LogP contribution < -0.4 is 4.90 Å². The summed E-state index contributed by atoms with van der Waals surface area (Å²) < 4.78 is 5.31. The van der Waals surface area contributed by atoms with Crippen LogP contribution in [0.4, 0.5) is 11.4 Å². The van der Waals surface area contributed by atoms with Crippen molar-refractivity contribution in [3.63, 3.8) is 0 Å². The topological polar surface area (TPSA) is 84.0 Å². The van der Waals surface area contributed by atoms with Gasteiger partial charge in [-0.25, -0.2) is 4.79 Å². The first-order valence-corrected chi connectivity index (χ1v) is 11.3. The zero-order valence-corrected chi connectivity index (χ0v) is 18.7. The van der Waals surface area contributed by atoms with Crippen molar-refractivity contribution in [3.05, 3.63) is 96.1 Å².